The van der Waals surface area contributed by atoms with Crippen molar-refractivity contribution < 1.29 is 14.3 Å². The Bertz CT molecular complexity index is 451. The monoisotopic (exact) mass is 251 g/mol. The third kappa shape index (κ3) is 2.88. The van der Waals surface area contributed by atoms with Crippen LogP contribution in [0.2, 0.25) is 0 Å². The van der Waals surface area contributed by atoms with Gasteiger partial charge in [0.25, 0.3) is 5.91 Å². The van der Waals surface area contributed by atoms with Crippen LogP contribution < -0.4 is 0 Å². The lowest BCUT2D eigenvalue weighted by Crippen LogP contribution is -2.38. The second kappa shape index (κ2) is 5.20. The molecule has 18 heavy (non-hydrogen) atoms. The molecule has 2 rings (SSSR count). The van der Waals surface area contributed by atoms with Crippen LogP contribution in [0.5, 0.6) is 0 Å². The first-order valence-corrected chi connectivity index (χ1v) is 6.10. The van der Waals surface area contributed by atoms with Gasteiger partial charge in [-0.2, -0.15) is 5.10 Å². The van der Waals surface area contributed by atoms with Gasteiger partial charge in [-0.15, -0.1) is 0 Å². The van der Waals surface area contributed by atoms with Crippen molar-refractivity contribution in [3.63, 3.8) is 0 Å². The van der Waals surface area contributed by atoms with Gasteiger partial charge in [-0.1, -0.05) is 0 Å². The van der Waals surface area contributed by atoms with E-state index in [4.69, 9.17) is 4.74 Å². The molecule has 0 radical (unpaired) electrons. The van der Waals surface area contributed by atoms with Gasteiger partial charge < -0.3 is 9.64 Å². The Labute approximate surface area is 105 Å². The van der Waals surface area contributed by atoms with Crippen LogP contribution in [-0.2, 0) is 9.53 Å². The fraction of sp³-hybridized carbons (Fsp3) is 0.583. The molecule has 6 heteroatoms. The maximum Gasteiger partial charge on any atom is 0.325 e. The molecule has 1 aliphatic carbocycles. The number of aromatic amines is 1. The summed E-state index contributed by atoms with van der Waals surface area (Å²) in [6.45, 7) is 3.91. The fourth-order valence-corrected chi connectivity index (χ4v) is 1.77. The molecule has 1 amide bonds. The summed E-state index contributed by atoms with van der Waals surface area (Å²) in [5.41, 5.74) is 1.17. The molecule has 0 aliphatic heterocycles. The molecule has 0 aromatic carbocycles. The van der Waals surface area contributed by atoms with Crippen LogP contribution in [0, 0.1) is 6.92 Å². The van der Waals surface area contributed by atoms with Gasteiger partial charge in [0.15, 0.2) is 0 Å². The van der Waals surface area contributed by atoms with Crippen LogP contribution in [-0.4, -0.2) is 46.2 Å². The van der Waals surface area contributed by atoms with Crippen LogP contribution in [0.15, 0.2) is 6.07 Å². The number of carbonyl (C=O) groups is 2. The van der Waals surface area contributed by atoms with E-state index in [1.807, 2.05) is 6.92 Å². The number of nitrogens with one attached hydrogen (secondary N) is 1. The van der Waals surface area contributed by atoms with E-state index in [1.165, 1.54) is 0 Å². The standard InChI is InChI=1S/C12H17N3O3/c1-3-18-11(16)7-15(9-4-5-9)12(17)10-6-8(2)13-14-10/h6,9H,3-5,7H2,1-2H3,(H,13,14). The number of carbonyl (C=O) groups excluding carboxylic acids is 2. The Morgan fingerprint density at radius 1 is 1.56 bits per heavy atom. The molecule has 1 saturated carbocycles. The van der Waals surface area contributed by atoms with Gasteiger partial charge in [0.1, 0.15) is 12.2 Å². The third-order valence-electron chi connectivity index (χ3n) is 2.78. The van der Waals surface area contributed by atoms with E-state index in [9.17, 15) is 9.59 Å². The predicted molar refractivity (Wildman–Crippen MR) is 64.0 cm³/mol. The normalized spacial score (nSPS) is 14.3. The number of nitrogens with zero attached hydrogens (tertiary/aromatic N) is 2. The Hall–Kier alpha value is -1.85. The summed E-state index contributed by atoms with van der Waals surface area (Å²) in [4.78, 5) is 25.2. The number of rotatable bonds is 5. The summed E-state index contributed by atoms with van der Waals surface area (Å²) in [6.07, 6.45) is 1.88. The van der Waals surface area contributed by atoms with Gasteiger partial charge >= 0.3 is 5.97 Å². The van der Waals surface area contributed by atoms with Crippen LogP contribution >= 0.6 is 0 Å². The SMILES string of the molecule is CCOC(=O)CN(C(=O)c1cc(C)[nH]n1)C1CC1. The van der Waals surface area contributed by atoms with E-state index in [0.717, 1.165) is 18.5 Å². The number of amides is 1. The molecule has 1 N–H and O–H groups in total. The zero-order valence-electron chi connectivity index (χ0n) is 10.6. The molecule has 0 saturated heterocycles. The van der Waals surface area contributed by atoms with Crippen LogP contribution in [0.25, 0.3) is 0 Å². The smallest absolute Gasteiger partial charge is 0.325 e. The molecule has 0 bridgehead atoms. The van der Waals surface area contributed by atoms with Gasteiger partial charge in [0.05, 0.1) is 6.61 Å². The lowest BCUT2D eigenvalue weighted by molar-refractivity contribution is -0.144. The van der Waals surface area contributed by atoms with E-state index in [-0.39, 0.29) is 24.5 Å². The molecular weight excluding hydrogens is 234 g/mol. The second-order valence-corrected chi connectivity index (χ2v) is 4.41. The summed E-state index contributed by atoms with van der Waals surface area (Å²) >= 11 is 0. The van der Waals surface area contributed by atoms with Gasteiger partial charge in [0, 0.05) is 11.7 Å². The topological polar surface area (TPSA) is 75.3 Å². The van der Waals surface area contributed by atoms with Crippen molar-refractivity contribution in [3.8, 4) is 0 Å². The lowest BCUT2D eigenvalue weighted by Gasteiger charge is -2.20. The average molecular weight is 251 g/mol. The molecule has 1 aliphatic rings. The largest absolute Gasteiger partial charge is 0.465 e. The Morgan fingerprint density at radius 3 is 2.78 bits per heavy atom. The zero-order valence-corrected chi connectivity index (χ0v) is 10.6. The van der Waals surface area contributed by atoms with Crippen LogP contribution in [0.4, 0.5) is 0 Å². The zero-order chi connectivity index (χ0) is 13.1. The highest BCUT2D eigenvalue weighted by molar-refractivity contribution is 5.94. The maximum absolute atomic E-state index is 12.2. The van der Waals surface area contributed by atoms with Gasteiger partial charge in [-0.3, -0.25) is 14.7 Å². The van der Waals surface area contributed by atoms with Crippen molar-refractivity contribution in [2.45, 2.75) is 32.7 Å². The first-order chi connectivity index (χ1) is 8.61. The molecule has 1 heterocycles. The van der Waals surface area contributed by atoms with E-state index < -0.39 is 0 Å². The van der Waals surface area contributed by atoms with Gasteiger partial charge in [-0.25, -0.2) is 0 Å². The van der Waals surface area contributed by atoms with Crippen molar-refractivity contribution in [2.24, 2.45) is 0 Å². The van der Waals surface area contributed by atoms with Crippen molar-refractivity contribution in [3.05, 3.63) is 17.5 Å². The molecule has 0 atom stereocenters. The number of aromatic nitrogens is 2. The summed E-state index contributed by atoms with van der Waals surface area (Å²) in [5.74, 6) is -0.583. The number of H-pyrrole nitrogens is 1. The van der Waals surface area contributed by atoms with Crippen LogP contribution in [0.1, 0.15) is 35.9 Å². The molecule has 6 nitrogen and oxygen atoms in total. The first-order valence-electron chi connectivity index (χ1n) is 6.10. The predicted octanol–water partition coefficient (Wildman–Crippen LogP) is 0.886. The number of aryl methyl sites for hydroxylation is 1. The highest BCUT2D eigenvalue weighted by Crippen LogP contribution is 2.27. The molecule has 0 spiro atoms. The van der Waals surface area contributed by atoms with E-state index in [2.05, 4.69) is 10.2 Å². The summed E-state index contributed by atoms with van der Waals surface area (Å²) < 4.78 is 4.88. The van der Waals surface area contributed by atoms with Gasteiger partial charge in [-0.05, 0) is 32.8 Å². The Balaban J connectivity index is 2.05. The summed E-state index contributed by atoms with van der Waals surface area (Å²) in [6, 6.07) is 1.84. The highest BCUT2D eigenvalue weighted by atomic mass is 16.5. The van der Waals surface area contributed by atoms with Crippen molar-refractivity contribution in [1.82, 2.24) is 15.1 Å². The molecule has 0 unspecified atom stereocenters. The summed E-state index contributed by atoms with van der Waals surface area (Å²) in [5, 5.41) is 6.66. The number of hydrogen-bond donors (Lipinski definition) is 1. The quantitative estimate of drug-likeness (QED) is 0.788. The van der Waals surface area contributed by atoms with E-state index in [1.54, 1.807) is 17.9 Å². The maximum atomic E-state index is 12.2. The molecular formula is C12H17N3O3. The molecule has 1 fully saturated rings. The van der Waals surface area contributed by atoms with Gasteiger partial charge in [0.2, 0.25) is 0 Å². The number of esters is 1. The van der Waals surface area contributed by atoms with E-state index >= 15 is 0 Å². The Kier molecular flexibility index (Phi) is 3.64. The Morgan fingerprint density at radius 2 is 2.28 bits per heavy atom. The third-order valence-corrected chi connectivity index (χ3v) is 2.78. The van der Waals surface area contributed by atoms with E-state index in [0.29, 0.717) is 12.3 Å². The van der Waals surface area contributed by atoms with Crippen molar-refractivity contribution >= 4 is 11.9 Å². The highest BCUT2D eigenvalue weighted by Gasteiger charge is 2.35. The van der Waals surface area contributed by atoms with Crippen molar-refractivity contribution in [2.75, 3.05) is 13.2 Å². The fourth-order valence-electron chi connectivity index (χ4n) is 1.77. The molecule has 1 aromatic heterocycles. The molecule has 98 valence electrons. The average Bonchev–Trinajstić information content (AvgIpc) is 3.08. The summed E-state index contributed by atoms with van der Waals surface area (Å²) in [7, 11) is 0. The van der Waals surface area contributed by atoms with Crippen LogP contribution in [0.3, 0.4) is 0 Å². The first kappa shape index (κ1) is 12.6. The minimum atomic E-state index is -0.370. The molecule has 1 aromatic rings. The minimum absolute atomic E-state index is 0.00322. The number of ether oxygens (including phenoxy) is 1. The lowest BCUT2D eigenvalue weighted by atomic mass is 10.3. The van der Waals surface area contributed by atoms with Crippen molar-refractivity contribution in [1.29, 1.82) is 0 Å². The minimum Gasteiger partial charge on any atom is -0.465 e. The number of hydrogen-bond acceptors (Lipinski definition) is 4. The second-order valence-electron chi connectivity index (χ2n) is 4.41.